The Hall–Kier alpha value is -0.580. The highest BCUT2D eigenvalue weighted by atomic mass is 35.5. The molecule has 2 nitrogen and oxygen atoms in total. The molecule has 0 saturated carbocycles. The minimum Gasteiger partial charge on any atom is -0.388 e. The van der Waals surface area contributed by atoms with Gasteiger partial charge in [0.1, 0.15) is 0 Å². The predicted octanol–water partition coefficient (Wildman–Crippen LogP) is 3.83. The molecule has 0 spiro atoms. The van der Waals surface area contributed by atoms with Crippen molar-refractivity contribution in [2.24, 2.45) is 5.73 Å². The van der Waals surface area contributed by atoms with Gasteiger partial charge in [0, 0.05) is 22.5 Å². The van der Waals surface area contributed by atoms with E-state index in [0.717, 1.165) is 5.56 Å². The Kier molecular flexibility index (Phi) is 4.65. The number of nitrogens with two attached hydrogens (primary N) is 1. The molecule has 1 aromatic carbocycles. The average Bonchev–Trinajstić information content (AvgIpc) is 2.87. The van der Waals surface area contributed by atoms with Crippen LogP contribution in [0, 0.1) is 0 Å². The second-order valence-corrected chi connectivity index (χ2v) is 5.57. The summed E-state index contributed by atoms with van der Waals surface area (Å²) < 4.78 is 0. The number of thiophene rings is 1. The smallest absolute Gasteiger partial charge is 0.0879 e. The number of aliphatic hydroxyl groups excluding tert-OH is 1. The van der Waals surface area contributed by atoms with Crippen molar-refractivity contribution in [1.82, 2.24) is 0 Å². The first kappa shape index (κ1) is 13.8. The van der Waals surface area contributed by atoms with Crippen molar-refractivity contribution in [2.45, 2.75) is 12.0 Å². The minimum absolute atomic E-state index is 0.278. The molecule has 2 aromatic rings. The van der Waals surface area contributed by atoms with Gasteiger partial charge in [-0.1, -0.05) is 29.3 Å². The van der Waals surface area contributed by atoms with E-state index in [4.69, 9.17) is 28.9 Å². The fraction of sp³-hybridized carbons (Fsp3) is 0.231. The van der Waals surface area contributed by atoms with E-state index < -0.39 is 6.10 Å². The highest BCUT2D eigenvalue weighted by Crippen LogP contribution is 2.38. The third kappa shape index (κ3) is 2.71. The molecular formula is C13H13Cl2NOS. The van der Waals surface area contributed by atoms with Gasteiger partial charge < -0.3 is 10.8 Å². The van der Waals surface area contributed by atoms with E-state index >= 15 is 0 Å². The van der Waals surface area contributed by atoms with E-state index in [0.29, 0.717) is 15.6 Å². The van der Waals surface area contributed by atoms with Crippen LogP contribution in [0.5, 0.6) is 0 Å². The summed E-state index contributed by atoms with van der Waals surface area (Å²) in [4.78, 5) is 0. The van der Waals surface area contributed by atoms with Crippen LogP contribution >= 0.6 is 34.5 Å². The van der Waals surface area contributed by atoms with Crippen LogP contribution in [-0.2, 0) is 0 Å². The number of aliphatic hydroxyl groups is 1. The topological polar surface area (TPSA) is 46.2 Å². The molecule has 2 atom stereocenters. The molecule has 0 bridgehead atoms. The van der Waals surface area contributed by atoms with Crippen LogP contribution in [0.2, 0.25) is 10.0 Å². The first-order valence-electron chi connectivity index (χ1n) is 5.49. The molecule has 1 heterocycles. The van der Waals surface area contributed by atoms with Gasteiger partial charge in [0.25, 0.3) is 0 Å². The van der Waals surface area contributed by atoms with Crippen molar-refractivity contribution < 1.29 is 5.11 Å². The number of benzene rings is 1. The lowest BCUT2D eigenvalue weighted by molar-refractivity contribution is 0.148. The summed E-state index contributed by atoms with van der Waals surface area (Å²) >= 11 is 13.9. The summed E-state index contributed by atoms with van der Waals surface area (Å²) in [6.07, 6.45) is -0.696. The molecule has 0 fully saturated rings. The predicted molar refractivity (Wildman–Crippen MR) is 77.5 cm³/mol. The van der Waals surface area contributed by atoms with Crippen molar-refractivity contribution in [1.29, 1.82) is 0 Å². The standard InChI is InChI=1S/C13H13Cl2NOS/c14-10-2-1-3-11(15)12(10)9(6-16)13(17)8-4-5-18-7-8/h1-5,7,9,13,17H,6,16H2. The van der Waals surface area contributed by atoms with Crippen molar-refractivity contribution in [3.63, 3.8) is 0 Å². The quantitative estimate of drug-likeness (QED) is 0.901. The summed E-state index contributed by atoms with van der Waals surface area (Å²) in [6.45, 7) is 0.278. The maximum absolute atomic E-state index is 10.4. The molecule has 5 heteroatoms. The van der Waals surface area contributed by atoms with E-state index in [1.54, 1.807) is 18.2 Å². The average molecular weight is 302 g/mol. The summed E-state index contributed by atoms with van der Waals surface area (Å²) in [5.41, 5.74) is 7.33. The first-order valence-corrected chi connectivity index (χ1v) is 7.19. The number of rotatable bonds is 4. The summed E-state index contributed by atoms with van der Waals surface area (Å²) in [6, 6.07) is 7.17. The molecule has 1 aromatic heterocycles. The van der Waals surface area contributed by atoms with Gasteiger partial charge in [0.05, 0.1) is 6.10 Å². The Labute approximate surface area is 120 Å². The Morgan fingerprint density at radius 2 is 1.89 bits per heavy atom. The first-order chi connectivity index (χ1) is 8.65. The third-order valence-corrected chi connectivity index (χ3v) is 4.25. The summed E-state index contributed by atoms with van der Waals surface area (Å²) in [5, 5.41) is 15.3. The lowest BCUT2D eigenvalue weighted by Gasteiger charge is -2.23. The lowest BCUT2D eigenvalue weighted by Crippen LogP contribution is -2.20. The van der Waals surface area contributed by atoms with E-state index in [1.807, 2.05) is 16.8 Å². The number of halogens is 2. The van der Waals surface area contributed by atoms with Gasteiger partial charge in [-0.3, -0.25) is 0 Å². The molecule has 96 valence electrons. The zero-order valence-corrected chi connectivity index (χ0v) is 11.8. The fourth-order valence-corrected chi connectivity index (χ4v) is 3.31. The molecule has 0 radical (unpaired) electrons. The van der Waals surface area contributed by atoms with Crippen LogP contribution < -0.4 is 5.73 Å². The van der Waals surface area contributed by atoms with Gasteiger partial charge in [0.15, 0.2) is 0 Å². The van der Waals surface area contributed by atoms with Crippen molar-refractivity contribution in [3.05, 3.63) is 56.2 Å². The van der Waals surface area contributed by atoms with Crippen molar-refractivity contribution in [2.75, 3.05) is 6.54 Å². The van der Waals surface area contributed by atoms with Crippen LogP contribution in [-0.4, -0.2) is 11.7 Å². The Morgan fingerprint density at radius 3 is 2.39 bits per heavy atom. The van der Waals surface area contributed by atoms with E-state index in [1.165, 1.54) is 11.3 Å². The monoisotopic (exact) mass is 301 g/mol. The number of hydrogen-bond donors (Lipinski definition) is 2. The SMILES string of the molecule is NCC(c1c(Cl)cccc1Cl)C(O)c1ccsc1. The van der Waals surface area contributed by atoms with Crippen LogP contribution in [0.4, 0.5) is 0 Å². The Morgan fingerprint density at radius 1 is 1.22 bits per heavy atom. The maximum atomic E-state index is 10.4. The van der Waals surface area contributed by atoms with E-state index in [9.17, 15) is 5.11 Å². The van der Waals surface area contributed by atoms with Crippen LogP contribution in [0.1, 0.15) is 23.1 Å². The molecule has 0 saturated heterocycles. The molecule has 0 aliphatic heterocycles. The fourth-order valence-electron chi connectivity index (χ4n) is 1.95. The summed E-state index contributed by atoms with van der Waals surface area (Å²) in [7, 11) is 0. The molecule has 0 aliphatic carbocycles. The second kappa shape index (κ2) is 6.04. The Balaban J connectivity index is 2.40. The van der Waals surface area contributed by atoms with E-state index in [2.05, 4.69) is 0 Å². The van der Waals surface area contributed by atoms with Crippen LogP contribution in [0.15, 0.2) is 35.0 Å². The van der Waals surface area contributed by atoms with E-state index in [-0.39, 0.29) is 12.5 Å². The lowest BCUT2D eigenvalue weighted by atomic mass is 9.90. The number of hydrogen-bond acceptors (Lipinski definition) is 3. The largest absolute Gasteiger partial charge is 0.388 e. The van der Waals surface area contributed by atoms with Crippen LogP contribution in [0.3, 0.4) is 0 Å². The molecule has 0 aliphatic rings. The second-order valence-electron chi connectivity index (χ2n) is 3.98. The molecule has 18 heavy (non-hydrogen) atoms. The highest BCUT2D eigenvalue weighted by molar-refractivity contribution is 7.07. The molecule has 2 rings (SSSR count). The van der Waals surface area contributed by atoms with Gasteiger partial charge in [-0.2, -0.15) is 11.3 Å². The maximum Gasteiger partial charge on any atom is 0.0879 e. The van der Waals surface area contributed by atoms with Gasteiger partial charge >= 0.3 is 0 Å². The molecule has 0 amide bonds. The highest BCUT2D eigenvalue weighted by Gasteiger charge is 2.25. The van der Waals surface area contributed by atoms with Crippen LogP contribution in [0.25, 0.3) is 0 Å². The van der Waals surface area contributed by atoms with Gasteiger partial charge in [-0.15, -0.1) is 0 Å². The van der Waals surface area contributed by atoms with Crippen molar-refractivity contribution >= 4 is 34.5 Å². The van der Waals surface area contributed by atoms with Crippen molar-refractivity contribution in [3.8, 4) is 0 Å². The minimum atomic E-state index is -0.696. The van der Waals surface area contributed by atoms with Gasteiger partial charge in [-0.25, -0.2) is 0 Å². The zero-order valence-electron chi connectivity index (χ0n) is 9.51. The zero-order chi connectivity index (χ0) is 13.1. The van der Waals surface area contributed by atoms with Gasteiger partial charge in [-0.05, 0) is 40.1 Å². The third-order valence-electron chi connectivity index (χ3n) is 2.89. The summed E-state index contributed by atoms with van der Waals surface area (Å²) in [5.74, 6) is -0.305. The van der Waals surface area contributed by atoms with Gasteiger partial charge in [0.2, 0.25) is 0 Å². The molecular weight excluding hydrogens is 289 g/mol. The molecule has 3 N–H and O–H groups in total. The molecule has 2 unspecified atom stereocenters. The normalized spacial score (nSPS) is 14.4. The Bertz CT molecular complexity index is 495.